The lowest BCUT2D eigenvalue weighted by molar-refractivity contribution is 0.0552. The van der Waals surface area contributed by atoms with Crippen molar-refractivity contribution in [3.05, 3.63) is 88.6 Å². The van der Waals surface area contributed by atoms with Crippen LogP contribution in [-0.2, 0) is 4.74 Å². The van der Waals surface area contributed by atoms with Gasteiger partial charge in [0.05, 0.1) is 38.2 Å². The Morgan fingerprint density at radius 3 is 2.51 bits per heavy atom. The van der Waals surface area contributed by atoms with Crippen molar-refractivity contribution in [2.75, 3.05) is 20.3 Å². The molecule has 1 aromatic carbocycles. The fourth-order valence-corrected chi connectivity index (χ4v) is 6.88. The Morgan fingerprint density at radius 1 is 1.10 bits per heavy atom. The predicted octanol–water partition coefficient (Wildman–Crippen LogP) is 5.98. The lowest BCUT2D eigenvalue weighted by Gasteiger charge is -2.33. The second kappa shape index (κ2) is 11.1. The van der Waals surface area contributed by atoms with Gasteiger partial charge < -0.3 is 20.0 Å². The van der Waals surface area contributed by atoms with E-state index in [0.717, 1.165) is 74.8 Å². The molecule has 5 heterocycles. The quantitative estimate of drug-likeness (QED) is 0.141. The van der Waals surface area contributed by atoms with Crippen molar-refractivity contribution in [3.8, 4) is 10.6 Å². The molecule has 4 N–H and O–H groups in total. The van der Waals surface area contributed by atoms with Crippen LogP contribution >= 0.6 is 11.3 Å². The highest BCUT2D eigenvalue weighted by atomic mass is 32.1. The molecule has 0 bridgehead atoms. The maximum Gasteiger partial charge on any atom is 0.169 e. The number of carbonyl (C=O) groups excluding carboxylic acids is 1. The molecule has 0 saturated carbocycles. The molecule has 1 fully saturated rings. The van der Waals surface area contributed by atoms with E-state index in [1.807, 2.05) is 37.4 Å². The summed E-state index contributed by atoms with van der Waals surface area (Å²) in [5.74, 6) is 6.61. The Balaban J connectivity index is 1.66. The summed E-state index contributed by atoms with van der Waals surface area (Å²) in [6, 6.07) is 20.7. The number of Topliss-reactive ketones (excluding diaryl/α,β-unsaturated/α-hetero) is 1. The van der Waals surface area contributed by atoms with E-state index < -0.39 is 0 Å². The lowest BCUT2D eigenvalue weighted by atomic mass is 9.86. The van der Waals surface area contributed by atoms with Crippen LogP contribution in [-0.4, -0.2) is 45.6 Å². The lowest BCUT2D eigenvalue weighted by Crippen LogP contribution is -2.27. The predicted molar refractivity (Wildman–Crippen MR) is 165 cm³/mol. The topological polar surface area (TPSA) is 112 Å². The number of benzene rings is 1. The zero-order valence-corrected chi connectivity index (χ0v) is 24.3. The molecular formula is C32H34N6O2S. The number of thiophene rings is 1. The van der Waals surface area contributed by atoms with Crippen LogP contribution in [0, 0.1) is 5.92 Å². The third-order valence-corrected chi connectivity index (χ3v) is 9.03. The standard InChI is InChI=1S/C32H34N6O2S/c1-19(33)30(37(3)34)23-17-26-29(35-18-23)24-9-10-25(28-12-11-27(41-28)20(2)39)36-32(24)38(26)31(21-7-5-4-6-8-21)22-13-15-40-16-14-22/h4-12,17-18,22,31H,13-16,33-34H2,1-3H3/b30-19-/t31-/m1/s1. The summed E-state index contributed by atoms with van der Waals surface area (Å²) in [5, 5.41) is 2.51. The summed E-state index contributed by atoms with van der Waals surface area (Å²) in [5.41, 5.74) is 13.2. The van der Waals surface area contributed by atoms with Crippen LogP contribution < -0.4 is 11.6 Å². The van der Waals surface area contributed by atoms with Gasteiger partial charge in [0.15, 0.2) is 5.78 Å². The van der Waals surface area contributed by atoms with Crippen LogP contribution in [0.1, 0.15) is 53.5 Å². The first-order chi connectivity index (χ1) is 19.8. The minimum atomic E-state index is 0.0121. The molecule has 8 nitrogen and oxygen atoms in total. The maximum absolute atomic E-state index is 12.0. The SMILES string of the molecule is CC(=O)c1ccc(-c2ccc3c4ncc(/C(=C(\C)N)N(C)N)cc4n([C@H](c4ccccc4)C4CCOCC4)c3n2)s1. The highest BCUT2D eigenvalue weighted by molar-refractivity contribution is 7.17. The number of hydrogen-bond donors (Lipinski definition) is 2. The molecule has 0 amide bonds. The molecule has 9 heteroatoms. The average Bonchev–Trinajstić information content (AvgIpc) is 3.58. The van der Waals surface area contributed by atoms with E-state index in [9.17, 15) is 4.79 Å². The Kier molecular flexibility index (Phi) is 7.33. The molecule has 0 unspecified atom stereocenters. The van der Waals surface area contributed by atoms with E-state index >= 15 is 0 Å². The number of pyridine rings is 2. The van der Waals surface area contributed by atoms with Gasteiger partial charge >= 0.3 is 0 Å². The van der Waals surface area contributed by atoms with Gasteiger partial charge in [-0.05, 0) is 68.5 Å². The molecule has 0 spiro atoms. The number of allylic oxidation sites excluding steroid dienone is 1. The number of hydrogen-bond acceptors (Lipinski definition) is 8. The number of fused-ring (bicyclic) bond motifs is 3. The van der Waals surface area contributed by atoms with E-state index in [2.05, 4.69) is 41.0 Å². The summed E-state index contributed by atoms with van der Waals surface area (Å²) in [7, 11) is 1.78. The highest BCUT2D eigenvalue weighted by Gasteiger charge is 2.31. The van der Waals surface area contributed by atoms with Gasteiger partial charge in [0.1, 0.15) is 5.65 Å². The monoisotopic (exact) mass is 566 g/mol. The molecular weight excluding hydrogens is 532 g/mol. The third kappa shape index (κ3) is 5.01. The third-order valence-electron chi connectivity index (χ3n) is 7.82. The number of ketones is 1. The van der Waals surface area contributed by atoms with Gasteiger partial charge in [-0.1, -0.05) is 30.3 Å². The summed E-state index contributed by atoms with van der Waals surface area (Å²) < 4.78 is 8.13. The summed E-state index contributed by atoms with van der Waals surface area (Å²) in [6.07, 6.45) is 3.72. The first kappa shape index (κ1) is 27.1. The molecule has 0 radical (unpaired) electrons. The maximum atomic E-state index is 12.0. The molecule has 1 saturated heterocycles. The van der Waals surface area contributed by atoms with Gasteiger partial charge in [0.25, 0.3) is 0 Å². The average molecular weight is 567 g/mol. The van der Waals surface area contributed by atoms with Crippen molar-refractivity contribution < 1.29 is 9.53 Å². The highest BCUT2D eigenvalue weighted by Crippen LogP contribution is 2.41. The summed E-state index contributed by atoms with van der Waals surface area (Å²) >= 11 is 1.47. The van der Waals surface area contributed by atoms with Crippen molar-refractivity contribution in [2.24, 2.45) is 17.5 Å². The van der Waals surface area contributed by atoms with Gasteiger partial charge in [-0.15, -0.1) is 11.3 Å². The van der Waals surface area contributed by atoms with E-state index in [-0.39, 0.29) is 11.8 Å². The minimum Gasteiger partial charge on any atom is -0.401 e. The van der Waals surface area contributed by atoms with Crippen molar-refractivity contribution >= 4 is 44.9 Å². The van der Waals surface area contributed by atoms with Crippen molar-refractivity contribution in [2.45, 2.75) is 32.7 Å². The first-order valence-electron chi connectivity index (χ1n) is 13.8. The van der Waals surface area contributed by atoms with Crippen LogP contribution in [0.2, 0.25) is 0 Å². The van der Waals surface area contributed by atoms with Gasteiger partial charge in [0, 0.05) is 43.1 Å². The molecule has 41 heavy (non-hydrogen) atoms. The molecule has 1 aliphatic heterocycles. The van der Waals surface area contributed by atoms with Crippen LogP contribution in [0.25, 0.3) is 38.3 Å². The van der Waals surface area contributed by atoms with Crippen LogP contribution in [0.15, 0.2) is 72.6 Å². The Labute approximate surface area is 243 Å². The van der Waals surface area contributed by atoms with Gasteiger partial charge in [0.2, 0.25) is 0 Å². The van der Waals surface area contributed by atoms with Crippen LogP contribution in [0.4, 0.5) is 0 Å². The fraction of sp³-hybridized carbons (Fsp3) is 0.281. The number of aromatic nitrogens is 3. The summed E-state index contributed by atoms with van der Waals surface area (Å²) in [4.78, 5) is 23.9. The Bertz CT molecular complexity index is 1760. The second-order valence-corrected chi connectivity index (χ2v) is 11.8. The molecule has 5 aromatic rings. The number of ether oxygens (including phenoxy) is 1. The molecule has 6 rings (SSSR count). The Hall–Kier alpha value is -4.05. The largest absolute Gasteiger partial charge is 0.401 e. The van der Waals surface area contributed by atoms with Gasteiger partial charge in [-0.2, -0.15) is 0 Å². The van der Waals surface area contributed by atoms with Crippen molar-refractivity contribution in [1.29, 1.82) is 0 Å². The van der Waals surface area contributed by atoms with E-state index in [4.69, 9.17) is 26.3 Å². The Morgan fingerprint density at radius 2 is 1.85 bits per heavy atom. The number of carbonyl (C=O) groups is 1. The number of hydrazine groups is 1. The zero-order valence-electron chi connectivity index (χ0n) is 23.5. The molecule has 0 aliphatic carbocycles. The molecule has 210 valence electrons. The second-order valence-electron chi connectivity index (χ2n) is 10.7. The van der Waals surface area contributed by atoms with Crippen LogP contribution in [0.3, 0.4) is 0 Å². The molecule has 4 aromatic heterocycles. The van der Waals surface area contributed by atoms with E-state index in [1.165, 1.54) is 21.9 Å². The van der Waals surface area contributed by atoms with Crippen LogP contribution in [0.5, 0.6) is 0 Å². The minimum absolute atomic E-state index is 0.0121. The molecule has 1 atom stereocenters. The van der Waals surface area contributed by atoms with E-state index in [0.29, 0.717) is 11.6 Å². The van der Waals surface area contributed by atoms with Crippen molar-refractivity contribution in [3.63, 3.8) is 0 Å². The van der Waals surface area contributed by atoms with Crippen molar-refractivity contribution in [1.82, 2.24) is 19.5 Å². The van der Waals surface area contributed by atoms with Gasteiger partial charge in [-0.25, -0.2) is 10.8 Å². The smallest absolute Gasteiger partial charge is 0.169 e. The normalized spacial score (nSPS) is 15.7. The molecule has 1 aliphatic rings. The number of rotatable bonds is 7. The van der Waals surface area contributed by atoms with Gasteiger partial charge in [-0.3, -0.25) is 9.78 Å². The summed E-state index contributed by atoms with van der Waals surface area (Å²) in [6.45, 7) is 4.90. The zero-order chi connectivity index (χ0) is 28.7. The first-order valence-corrected chi connectivity index (χ1v) is 14.6. The number of nitrogens with zero attached hydrogens (tertiary/aromatic N) is 4. The fourth-order valence-electron chi connectivity index (χ4n) is 6.01. The van der Waals surface area contributed by atoms with E-state index in [1.54, 1.807) is 14.0 Å². The number of nitrogens with two attached hydrogens (primary N) is 2.